The molecule has 0 amide bonds. The Bertz CT molecular complexity index is 521. The summed E-state index contributed by atoms with van der Waals surface area (Å²) in [5, 5.41) is 1.39. The molecule has 2 rings (SSSR count). The molecule has 1 aliphatic heterocycles. The second-order valence-electron chi connectivity index (χ2n) is 7.81. The molecule has 22 heavy (non-hydrogen) atoms. The van der Waals surface area contributed by atoms with Crippen molar-refractivity contribution < 1.29 is 0 Å². The first-order valence-electron chi connectivity index (χ1n) is 8.88. The average molecular weight is 320 g/mol. The molecule has 0 fully saturated rings. The lowest BCUT2D eigenvalue weighted by Gasteiger charge is -2.37. The Hall–Kier alpha value is -0.500. The highest BCUT2D eigenvalue weighted by Crippen LogP contribution is 2.46. The molecule has 1 aliphatic rings. The van der Waals surface area contributed by atoms with Crippen LogP contribution in [0.4, 0.5) is 0 Å². The van der Waals surface area contributed by atoms with Gasteiger partial charge in [0.1, 0.15) is 0 Å². The lowest BCUT2D eigenvalue weighted by Crippen LogP contribution is -2.26. The van der Waals surface area contributed by atoms with Gasteiger partial charge in [0.05, 0.1) is 0 Å². The van der Waals surface area contributed by atoms with E-state index in [4.69, 9.17) is 4.98 Å². The minimum Gasteiger partial charge on any atom is -0.261 e. The van der Waals surface area contributed by atoms with Gasteiger partial charge >= 0.3 is 0 Å². The molecule has 4 atom stereocenters. The molecular formula is C20H33NS. The van der Waals surface area contributed by atoms with Gasteiger partial charge in [-0.3, -0.25) is 4.98 Å². The van der Waals surface area contributed by atoms with Crippen LogP contribution in [0.15, 0.2) is 6.20 Å². The summed E-state index contributed by atoms with van der Waals surface area (Å²) in [6.07, 6.45) is 3.45. The monoisotopic (exact) mass is 319 g/mol. The third-order valence-electron chi connectivity index (χ3n) is 5.38. The molecule has 0 N–H and O–H groups in total. The number of aromatic nitrogens is 1. The fourth-order valence-electron chi connectivity index (χ4n) is 3.96. The van der Waals surface area contributed by atoms with Crippen LogP contribution in [0.3, 0.4) is 0 Å². The molecule has 0 aromatic carbocycles. The fourth-order valence-corrected chi connectivity index (χ4v) is 5.38. The van der Waals surface area contributed by atoms with Crippen molar-refractivity contribution in [2.24, 2.45) is 5.92 Å². The molecular weight excluding hydrogens is 286 g/mol. The average Bonchev–Trinajstić information content (AvgIpc) is 2.41. The highest BCUT2D eigenvalue weighted by Gasteiger charge is 2.33. The van der Waals surface area contributed by atoms with Crippen molar-refractivity contribution in [3.8, 4) is 0 Å². The number of hydrogen-bond donors (Lipinski definition) is 0. The molecule has 2 heterocycles. The van der Waals surface area contributed by atoms with E-state index in [1.54, 1.807) is 11.1 Å². The second kappa shape index (κ2) is 6.95. The first-order chi connectivity index (χ1) is 10.2. The van der Waals surface area contributed by atoms with Gasteiger partial charge in [0.15, 0.2) is 0 Å². The molecule has 2 heteroatoms. The topological polar surface area (TPSA) is 12.9 Å². The Balaban J connectivity index is 2.73. The molecule has 0 saturated heterocycles. The summed E-state index contributed by atoms with van der Waals surface area (Å²) in [5.41, 5.74) is 5.93. The van der Waals surface area contributed by atoms with Crippen LogP contribution >= 0.6 is 11.8 Å². The Labute approximate surface area is 141 Å². The van der Waals surface area contributed by atoms with E-state index in [0.29, 0.717) is 28.9 Å². The highest BCUT2D eigenvalue weighted by atomic mass is 32.2. The third-order valence-corrected chi connectivity index (χ3v) is 6.87. The fraction of sp³-hybridized carbons (Fsp3) is 0.750. The number of thioether (sulfide) groups is 1. The molecule has 1 aromatic heterocycles. The van der Waals surface area contributed by atoms with E-state index in [-0.39, 0.29) is 0 Å². The molecule has 0 radical (unpaired) electrons. The van der Waals surface area contributed by atoms with Crippen LogP contribution < -0.4 is 0 Å². The predicted molar refractivity (Wildman–Crippen MR) is 100 cm³/mol. The van der Waals surface area contributed by atoms with Crippen LogP contribution in [0.25, 0.3) is 0 Å². The zero-order valence-electron chi connectivity index (χ0n) is 15.6. The number of fused-ring (bicyclic) bond motifs is 1. The van der Waals surface area contributed by atoms with Crippen LogP contribution in [-0.2, 0) is 0 Å². The summed E-state index contributed by atoms with van der Waals surface area (Å²) in [6.45, 7) is 18.8. The van der Waals surface area contributed by atoms with E-state index < -0.39 is 0 Å². The van der Waals surface area contributed by atoms with Gasteiger partial charge in [-0.2, -0.15) is 11.8 Å². The van der Waals surface area contributed by atoms with Gasteiger partial charge in [0, 0.05) is 22.4 Å². The lowest BCUT2D eigenvalue weighted by atomic mass is 9.75. The Morgan fingerprint density at radius 2 is 1.73 bits per heavy atom. The van der Waals surface area contributed by atoms with Gasteiger partial charge in [0.25, 0.3) is 0 Å². The molecule has 0 bridgehead atoms. The van der Waals surface area contributed by atoms with E-state index in [0.717, 1.165) is 5.25 Å². The summed E-state index contributed by atoms with van der Waals surface area (Å²) in [4.78, 5) is 4.77. The standard InChI is InChI=1S/C20H33NS/c1-11(2)17-9-13(5)22-16(8)14(6)19-15(7)21-10-18(12(3)4)20(17)19/h10-14,16-17H,9H2,1-8H3/t13-,14-,16+,17?/m1/s1. The van der Waals surface area contributed by atoms with Crippen molar-refractivity contribution in [1.29, 1.82) is 0 Å². The predicted octanol–water partition coefficient (Wildman–Crippen LogP) is 6.27. The van der Waals surface area contributed by atoms with E-state index in [1.807, 2.05) is 0 Å². The minimum absolute atomic E-state index is 0.549. The SMILES string of the molecule is Cc1ncc(C(C)C)c2c1[C@H](C)[C@H](C)S[C@H](C)CC2C(C)C. The van der Waals surface area contributed by atoms with Gasteiger partial charge in [-0.25, -0.2) is 0 Å². The largest absolute Gasteiger partial charge is 0.261 e. The van der Waals surface area contributed by atoms with Crippen molar-refractivity contribution >= 4 is 11.8 Å². The third kappa shape index (κ3) is 3.37. The van der Waals surface area contributed by atoms with Crippen molar-refractivity contribution in [3.05, 3.63) is 28.6 Å². The molecule has 1 aromatic rings. The van der Waals surface area contributed by atoms with Gasteiger partial charge in [0.2, 0.25) is 0 Å². The van der Waals surface area contributed by atoms with E-state index in [2.05, 4.69) is 73.3 Å². The van der Waals surface area contributed by atoms with Crippen LogP contribution in [-0.4, -0.2) is 15.5 Å². The summed E-state index contributed by atoms with van der Waals surface area (Å²) in [6, 6.07) is 0. The maximum atomic E-state index is 4.77. The number of aryl methyl sites for hydroxylation is 1. The number of pyridine rings is 1. The Morgan fingerprint density at radius 1 is 1.09 bits per heavy atom. The first kappa shape index (κ1) is 17.8. The molecule has 0 saturated carbocycles. The lowest BCUT2D eigenvalue weighted by molar-refractivity contribution is 0.451. The van der Waals surface area contributed by atoms with Crippen LogP contribution in [0.2, 0.25) is 0 Å². The maximum absolute atomic E-state index is 4.77. The Morgan fingerprint density at radius 3 is 2.27 bits per heavy atom. The zero-order chi connectivity index (χ0) is 16.6. The summed E-state index contributed by atoms with van der Waals surface area (Å²) < 4.78 is 0. The smallest absolute Gasteiger partial charge is 0.0410 e. The van der Waals surface area contributed by atoms with Gasteiger partial charge < -0.3 is 0 Å². The quantitative estimate of drug-likeness (QED) is 0.637. The van der Waals surface area contributed by atoms with Crippen LogP contribution in [0.5, 0.6) is 0 Å². The second-order valence-corrected chi connectivity index (χ2v) is 9.63. The van der Waals surface area contributed by atoms with E-state index in [9.17, 15) is 0 Å². The molecule has 124 valence electrons. The molecule has 1 nitrogen and oxygen atoms in total. The first-order valence-corrected chi connectivity index (χ1v) is 9.83. The van der Waals surface area contributed by atoms with Crippen molar-refractivity contribution in [3.63, 3.8) is 0 Å². The van der Waals surface area contributed by atoms with Gasteiger partial charge in [-0.1, -0.05) is 48.5 Å². The molecule has 0 spiro atoms. The van der Waals surface area contributed by atoms with Crippen molar-refractivity contribution in [1.82, 2.24) is 4.98 Å². The summed E-state index contributed by atoms with van der Waals surface area (Å²) >= 11 is 2.16. The summed E-state index contributed by atoms with van der Waals surface area (Å²) in [7, 11) is 0. The van der Waals surface area contributed by atoms with Crippen molar-refractivity contribution in [2.45, 2.75) is 90.1 Å². The normalized spacial score (nSPS) is 29.4. The number of nitrogens with zero attached hydrogens (tertiary/aromatic N) is 1. The highest BCUT2D eigenvalue weighted by molar-refractivity contribution is 8.00. The van der Waals surface area contributed by atoms with Gasteiger partial charge in [-0.05, 0) is 53.7 Å². The van der Waals surface area contributed by atoms with Crippen molar-refractivity contribution in [2.75, 3.05) is 0 Å². The molecule has 1 unspecified atom stereocenters. The molecule has 0 aliphatic carbocycles. The van der Waals surface area contributed by atoms with Gasteiger partial charge in [-0.15, -0.1) is 0 Å². The number of rotatable bonds is 2. The maximum Gasteiger partial charge on any atom is 0.0410 e. The summed E-state index contributed by atoms with van der Waals surface area (Å²) in [5.74, 6) is 2.47. The minimum atomic E-state index is 0.549. The number of hydrogen-bond acceptors (Lipinski definition) is 2. The van der Waals surface area contributed by atoms with Crippen LogP contribution in [0.1, 0.15) is 95.0 Å². The van der Waals surface area contributed by atoms with E-state index >= 15 is 0 Å². The Kier molecular flexibility index (Phi) is 5.63. The van der Waals surface area contributed by atoms with E-state index in [1.165, 1.54) is 17.7 Å². The zero-order valence-corrected chi connectivity index (χ0v) is 16.4. The van der Waals surface area contributed by atoms with Crippen LogP contribution in [0, 0.1) is 12.8 Å².